The molecule has 0 saturated carbocycles. The first kappa shape index (κ1) is 15.4. The standard InChI is InChI=1S/C14H14BrF2NOS/c1-2-12(18)14(13-5-8(15)7-20-13)19-9-3-4-10(16)11(17)6-9/h3-7,12,14H,2,18H2,1H3. The summed E-state index contributed by atoms with van der Waals surface area (Å²) in [5, 5.41) is 1.93. The van der Waals surface area contributed by atoms with Crippen LogP contribution in [0, 0.1) is 11.6 Å². The van der Waals surface area contributed by atoms with Crippen molar-refractivity contribution >= 4 is 27.3 Å². The zero-order valence-electron chi connectivity index (χ0n) is 10.8. The summed E-state index contributed by atoms with van der Waals surface area (Å²) < 4.78 is 32.9. The van der Waals surface area contributed by atoms with Crippen molar-refractivity contribution in [2.75, 3.05) is 0 Å². The second-order valence-corrected chi connectivity index (χ2v) is 6.21. The van der Waals surface area contributed by atoms with Crippen LogP contribution in [-0.4, -0.2) is 6.04 Å². The maximum absolute atomic E-state index is 13.2. The molecule has 20 heavy (non-hydrogen) atoms. The molecule has 0 aliphatic carbocycles. The Bertz CT molecular complexity index is 590. The van der Waals surface area contributed by atoms with E-state index in [4.69, 9.17) is 10.5 Å². The van der Waals surface area contributed by atoms with Gasteiger partial charge < -0.3 is 10.5 Å². The Morgan fingerprint density at radius 1 is 1.30 bits per heavy atom. The molecule has 1 aromatic carbocycles. The van der Waals surface area contributed by atoms with Crippen molar-refractivity contribution < 1.29 is 13.5 Å². The van der Waals surface area contributed by atoms with Gasteiger partial charge in [0.1, 0.15) is 11.9 Å². The average molecular weight is 362 g/mol. The molecule has 108 valence electrons. The van der Waals surface area contributed by atoms with Crippen LogP contribution < -0.4 is 10.5 Å². The van der Waals surface area contributed by atoms with Gasteiger partial charge in [-0.3, -0.25) is 0 Å². The number of benzene rings is 1. The monoisotopic (exact) mass is 361 g/mol. The summed E-state index contributed by atoms with van der Waals surface area (Å²) >= 11 is 4.89. The van der Waals surface area contributed by atoms with Crippen molar-refractivity contribution in [3.05, 3.63) is 50.6 Å². The van der Waals surface area contributed by atoms with Gasteiger partial charge in [0.05, 0.1) is 0 Å². The molecule has 2 N–H and O–H groups in total. The number of halogens is 3. The van der Waals surface area contributed by atoms with Crippen molar-refractivity contribution in [1.82, 2.24) is 0 Å². The summed E-state index contributed by atoms with van der Waals surface area (Å²) in [6.45, 7) is 1.95. The second-order valence-electron chi connectivity index (χ2n) is 4.35. The Hall–Kier alpha value is -0.980. The minimum absolute atomic E-state index is 0.228. The van der Waals surface area contributed by atoms with Gasteiger partial charge >= 0.3 is 0 Å². The van der Waals surface area contributed by atoms with Crippen molar-refractivity contribution in [2.45, 2.75) is 25.5 Å². The largest absolute Gasteiger partial charge is 0.483 e. The average Bonchev–Trinajstić information content (AvgIpc) is 2.85. The number of hydrogen-bond acceptors (Lipinski definition) is 3. The van der Waals surface area contributed by atoms with Crippen LogP contribution in [0.4, 0.5) is 8.78 Å². The Labute approximate surface area is 128 Å². The Morgan fingerprint density at radius 2 is 2.05 bits per heavy atom. The molecule has 2 nitrogen and oxygen atoms in total. The highest BCUT2D eigenvalue weighted by Crippen LogP contribution is 2.32. The lowest BCUT2D eigenvalue weighted by molar-refractivity contribution is 0.173. The summed E-state index contributed by atoms with van der Waals surface area (Å²) in [6, 6.07) is 5.17. The van der Waals surface area contributed by atoms with E-state index in [-0.39, 0.29) is 17.9 Å². The van der Waals surface area contributed by atoms with Crippen molar-refractivity contribution in [1.29, 1.82) is 0 Å². The van der Waals surface area contributed by atoms with Crippen LogP contribution in [0.1, 0.15) is 24.3 Å². The van der Waals surface area contributed by atoms with Gasteiger partial charge in [-0.2, -0.15) is 0 Å². The highest BCUT2D eigenvalue weighted by Gasteiger charge is 2.22. The molecule has 0 bridgehead atoms. The molecule has 1 heterocycles. The number of thiophene rings is 1. The molecule has 0 aliphatic heterocycles. The third-order valence-corrected chi connectivity index (χ3v) is 4.64. The predicted molar refractivity (Wildman–Crippen MR) is 80.0 cm³/mol. The molecule has 2 unspecified atom stereocenters. The Balaban J connectivity index is 2.25. The van der Waals surface area contributed by atoms with E-state index in [9.17, 15) is 8.78 Å². The van der Waals surface area contributed by atoms with E-state index in [0.29, 0.717) is 6.42 Å². The SMILES string of the molecule is CCC(N)C(Oc1ccc(F)c(F)c1)c1cc(Br)cs1. The third-order valence-electron chi connectivity index (χ3n) is 2.88. The van der Waals surface area contributed by atoms with Crippen LogP contribution in [0.3, 0.4) is 0 Å². The van der Waals surface area contributed by atoms with Crippen molar-refractivity contribution in [2.24, 2.45) is 5.73 Å². The first-order valence-corrected chi connectivity index (χ1v) is 7.79. The molecule has 0 aliphatic rings. The van der Waals surface area contributed by atoms with Gasteiger partial charge in [0.15, 0.2) is 11.6 Å². The Morgan fingerprint density at radius 3 is 2.60 bits per heavy atom. The molecule has 6 heteroatoms. The number of nitrogens with two attached hydrogens (primary N) is 1. The summed E-state index contributed by atoms with van der Waals surface area (Å²) in [6.07, 6.45) is 0.324. The highest BCUT2D eigenvalue weighted by atomic mass is 79.9. The van der Waals surface area contributed by atoms with E-state index >= 15 is 0 Å². The van der Waals surface area contributed by atoms with E-state index < -0.39 is 11.6 Å². The third kappa shape index (κ3) is 3.56. The summed E-state index contributed by atoms with van der Waals surface area (Å²) in [5.74, 6) is -1.56. The van der Waals surface area contributed by atoms with Crippen LogP contribution in [-0.2, 0) is 0 Å². The van der Waals surface area contributed by atoms with Crippen LogP contribution >= 0.6 is 27.3 Å². The van der Waals surface area contributed by atoms with Crippen LogP contribution in [0.15, 0.2) is 34.1 Å². The first-order valence-electron chi connectivity index (χ1n) is 6.12. The molecular formula is C14H14BrF2NOS. The Kier molecular flexibility index (Phi) is 5.12. The van der Waals surface area contributed by atoms with Gasteiger partial charge in [0, 0.05) is 26.8 Å². The minimum atomic E-state index is -0.932. The predicted octanol–water partition coefficient (Wildman–Crippen LogP) is 4.65. The van der Waals surface area contributed by atoms with Crippen LogP contribution in [0.25, 0.3) is 0 Å². The lowest BCUT2D eigenvalue weighted by Crippen LogP contribution is -2.30. The summed E-state index contributed by atoms with van der Waals surface area (Å²) in [4.78, 5) is 0.941. The van der Waals surface area contributed by atoms with E-state index in [1.807, 2.05) is 18.4 Å². The van der Waals surface area contributed by atoms with Crippen LogP contribution in [0.5, 0.6) is 5.75 Å². The quantitative estimate of drug-likeness (QED) is 0.841. The molecule has 0 spiro atoms. The van der Waals surface area contributed by atoms with Crippen molar-refractivity contribution in [3.63, 3.8) is 0 Å². The molecule has 1 aromatic heterocycles. The van der Waals surface area contributed by atoms with E-state index in [1.54, 1.807) is 0 Å². The maximum atomic E-state index is 13.2. The van der Waals surface area contributed by atoms with E-state index in [1.165, 1.54) is 17.4 Å². The van der Waals surface area contributed by atoms with E-state index in [2.05, 4.69) is 15.9 Å². The first-order chi connectivity index (χ1) is 9.51. The van der Waals surface area contributed by atoms with Gasteiger partial charge in [0.2, 0.25) is 0 Å². The fourth-order valence-corrected chi connectivity index (χ4v) is 3.29. The fourth-order valence-electron chi connectivity index (χ4n) is 1.74. The molecule has 2 aromatic rings. The molecular weight excluding hydrogens is 348 g/mol. The zero-order chi connectivity index (χ0) is 14.7. The number of hydrogen-bond donors (Lipinski definition) is 1. The van der Waals surface area contributed by atoms with Gasteiger partial charge in [-0.1, -0.05) is 6.92 Å². The van der Waals surface area contributed by atoms with Gasteiger partial charge in [-0.25, -0.2) is 8.78 Å². The molecule has 0 amide bonds. The zero-order valence-corrected chi connectivity index (χ0v) is 13.2. The van der Waals surface area contributed by atoms with Gasteiger partial charge in [-0.15, -0.1) is 11.3 Å². The number of ether oxygens (including phenoxy) is 1. The molecule has 0 fully saturated rings. The minimum Gasteiger partial charge on any atom is -0.483 e. The lowest BCUT2D eigenvalue weighted by Gasteiger charge is -2.23. The highest BCUT2D eigenvalue weighted by molar-refractivity contribution is 9.10. The normalized spacial score (nSPS) is 14.1. The second kappa shape index (κ2) is 6.65. The number of rotatable bonds is 5. The van der Waals surface area contributed by atoms with Gasteiger partial charge in [-0.05, 0) is 40.5 Å². The van der Waals surface area contributed by atoms with Crippen molar-refractivity contribution in [3.8, 4) is 5.75 Å². The smallest absolute Gasteiger partial charge is 0.162 e. The van der Waals surface area contributed by atoms with E-state index in [0.717, 1.165) is 21.5 Å². The summed E-state index contributed by atoms with van der Waals surface area (Å²) in [5.41, 5.74) is 6.07. The molecule has 2 atom stereocenters. The molecule has 0 radical (unpaired) electrons. The summed E-state index contributed by atoms with van der Waals surface area (Å²) in [7, 11) is 0. The fraction of sp³-hybridized carbons (Fsp3) is 0.286. The molecule has 0 saturated heterocycles. The lowest BCUT2D eigenvalue weighted by atomic mass is 10.1. The maximum Gasteiger partial charge on any atom is 0.162 e. The van der Waals surface area contributed by atoms with Crippen LogP contribution in [0.2, 0.25) is 0 Å². The van der Waals surface area contributed by atoms with Gasteiger partial charge in [0.25, 0.3) is 0 Å². The molecule has 2 rings (SSSR count). The topological polar surface area (TPSA) is 35.2 Å².